The highest BCUT2D eigenvalue weighted by molar-refractivity contribution is 5.86. The molecule has 0 rings (SSSR count). The number of hydrogen-bond donors (Lipinski definition) is 5. The first-order valence-electron chi connectivity index (χ1n) is 10.1. The number of carboxylic acids is 3. The molecule has 0 aromatic carbocycles. The molecule has 0 saturated carbocycles. The number of unbranched alkanes of at least 4 members (excludes halogenated alkanes) is 5. The Balaban J connectivity index is 4.31. The van der Waals surface area contributed by atoms with Crippen molar-refractivity contribution in [3.05, 3.63) is 0 Å². The highest BCUT2D eigenvalue weighted by Gasteiger charge is 2.25. The van der Waals surface area contributed by atoms with E-state index >= 15 is 0 Å². The number of rotatable bonds is 17. The zero-order chi connectivity index (χ0) is 22.9. The minimum absolute atomic E-state index is 0.228. The summed E-state index contributed by atoms with van der Waals surface area (Å²) in [5.74, 6) is -4.66. The van der Waals surface area contributed by atoms with Crippen LogP contribution in [0.4, 0.5) is 4.79 Å². The predicted octanol–water partition coefficient (Wildman–Crippen LogP) is 1.74. The lowest BCUT2D eigenvalue weighted by atomic mass is 10.1. The fourth-order valence-corrected chi connectivity index (χ4v) is 2.54. The summed E-state index contributed by atoms with van der Waals surface area (Å²) in [6.07, 6.45) is 4.89. The van der Waals surface area contributed by atoms with Crippen LogP contribution in [-0.4, -0.2) is 63.9 Å². The van der Waals surface area contributed by atoms with Crippen molar-refractivity contribution in [3.8, 4) is 0 Å². The second kappa shape index (κ2) is 16.0. The van der Waals surface area contributed by atoms with Crippen LogP contribution in [0.1, 0.15) is 71.1 Å². The van der Waals surface area contributed by atoms with Crippen molar-refractivity contribution in [1.82, 2.24) is 10.6 Å². The lowest BCUT2D eigenvalue weighted by Crippen LogP contribution is -2.51. The van der Waals surface area contributed by atoms with Gasteiger partial charge in [0, 0.05) is 12.8 Å². The summed E-state index contributed by atoms with van der Waals surface area (Å²) >= 11 is 0. The van der Waals surface area contributed by atoms with E-state index in [0.717, 1.165) is 32.1 Å². The Morgan fingerprint density at radius 2 is 1.27 bits per heavy atom. The fraction of sp³-hybridized carbons (Fsp3) is 0.737. The highest BCUT2D eigenvalue weighted by Crippen LogP contribution is 2.06. The summed E-state index contributed by atoms with van der Waals surface area (Å²) in [5, 5.41) is 30.9. The summed E-state index contributed by atoms with van der Waals surface area (Å²) in [6, 6.07) is -4.00. The molecule has 0 saturated heterocycles. The van der Waals surface area contributed by atoms with E-state index in [1.54, 1.807) is 0 Å². The summed E-state index contributed by atoms with van der Waals surface area (Å²) in [5.41, 5.74) is 0. The Kier molecular flexibility index (Phi) is 14.5. The number of urea groups is 1. The SMILES string of the molecule is CCCCCCCCOC(=O)CC[C@H](NC(=O)NC(CCC(=O)O)C(=O)O)C(=O)O. The first-order valence-corrected chi connectivity index (χ1v) is 10.1. The molecule has 0 aliphatic rings. The quantitative estimate of drug-likeness (QED) is 0.169. The number of amides is 2. The predicted molar refractivity (Wildman–Crippen MR) is 105 cm³/mol. The molecule has 2 atom stereocenters. The van der Waals surface area contributed by atoms with Crippen molar-refractivity contribution in [3.63, 3.8) is 0 Å². The Morgan fingerprint density at radius 1 is 0.767 bits per heavy atom. The Hall–Kier alpha value is -2.85. The Labute approximate surface area is 175 Å². The van der Waals surface area contributed by atoms with Crippen LogP contribution in [0, 0.1) is 0 Å². The van der Waals surface area contributed by atoms with E-state index in [9.17, 15) is 29.1 Å². The molecular formula is C19H32N2O9. The van der Waals surface area contributed by atoms with E-state index in [4.69, 9.17) is 14.9 Å². The normalized spacial score (nSPS) is 12.4. The molecule has 0 aromatic rings. The molecule has 0 radical (unpaired) electrons. The molecule has 0 fully saturated rings. The van der Waals surface area contributed by atoms with Crippen molar-refractivity contribution in [1.29, 1.82) is 0 Å². The van der Waals surface area contributed by atoms with Crippen molar-refractivity contribution in [2.24, 2.45) is 0 Å². The second-order valence-electron chi connectivity index (χ2n) is 6.86. The molecule has 11 heteroatoms. The van der Waals surface area contributed by atoms with Crippen LogP contribution in [0.3, 0.4) is 0 Å². The van der Waals surface area contributed by atoms with Crippen molar-refractivity contribution in [2.45, 2.75) is 83.2 Å². The number of hydrogen-bond acceptors (Lipinski definition) is 6. The minimum atomic E-state index is -1.49. The maximum Gasteiger partial charge on any atom is 0.326 e. The van der Waals surface area contributed by atoms with Gasteiger partial charge < -0.3 is 30.7 Å². The van der Waals surface area contributed by atoms with Crippen molar-refractivity contribution in [2.75, 3.05) is 6.61 Å². The van der Waals surface area contributed by atoms with Crippen LogP contribution in [0.15, 0.2) is 0 Å². The summed E-state index contributed by atoms with van der Waals surface area (Å²) in [7, 11) is 0. The first-order chi connectivity index (χ1) is 14.2. The molecule has 172 valence electrons. The zero-order valence-corrected chi connectivity index (χ0v) is 17.2. The average molecular weight is 432 g/mol. The molecule has 0 bridgehead atoms. The van der Waals surface area contributed by atoms with Crippen molar-refractivity contribution >= 4 is 29.9 Å². The van der Waals surface area contributed by atoms with Crippen LogP contribution in [0.5, 0.6) is 0 Å². The second-order valence-corrected chi connectivity index (χ2v) is 6.86. The Bertz CT molecular complexity index is 580. The first kappa shape index (κ1) is 27.1. The van der Waals surface area contributed by atoms with E-state index in [1.807, 2.05) is 5.32 Å². The lowest BCUT2D eigenvalue weighted by molar-refractivity contribution is -0.145. The van der Waals surface area contributed by atoms with Gasteiger partial charge >= 0.3 is 29.9 Å². The van der Waals surface area contributed by atoms with Crippen molar-refractivity contribution < 1.29 is 44.0 Å². The van der Waals surface area contributed by atoms with E-state index in [2.05, 4.69) is 12.2 Å². The minimum Gasteiger partial charge on any atom is -0.481 e. The number of ether oxygens (including phenoxy) is 1. The molecule has 0 heterocycles. The third-order valence-electron chi connectivity index (χ3n) is 4.25. The summed E-state index contributed by atoms with van der Waals surface area (Å²) < 4.78 is 5.04. The summed E-state index contributed by atoms with van der Waals surface area (Å²) in [4.78, 5) is 56.5. The number of esters is 1. The third-order valence-corrected chi connectivity index (χ3v) is 4.25. The van der Waals surface area contributed by atoms with E-state index in [0.29, 0.717) is 0 Å². The molecular weight excluding hydrogens is 400 g/mol. The van der Waals surface area contributed by atoms with E-state index in [-0.39, 0.29) is 25.9 Å². The Morgan fingerprint density at radius 3 is 1.77 bits per heavy atom. The van der Waals surface area contributed by atoms with Gasteiger partial charge in [0.15, 0.2) is 0 Å². The number of carbonyl (C=O) groups is 5. The van der Waals surface area contributed by atoms with Gasteiger partial charge in [-0.3, -0.25) is 9.59 Å². The molecule has 0 aromatic heterocycles. The topological polar surface area (TPSA) is 179 Å². The maximum atomic E-state index is 11.9. The molecule has 1 unspecified atom stereocenters. The maximum absolute atomic E-state index is 11.9. The van der Waals surface area contributed by atoms with Crippen LogP contribution < -0.4 is 10.6 Å². The monoisotopic (exact) mass is 432 g/mol. The van der Waals surface area contributed by atoms with E-state index in [1.165, 1.54) is 6.42 Å². The van der Waals surface area contributed by atoms with Gasteiger partial charge in [0.05, 0.1) is 6.61 Å². The van der Waals surface area contributed by atoms with Gasteiger partial charge in [-0.1, -0.05) is 39.0 Å². The molecule has 30 heavy (non-hydrogen) atoms. The molecule has 11 nitrogen and oxygen atoms in total. The van der Waals surface area contributed by atoms with Gasteiger partial charge in [-0.25, -0.2) is 14.4 Å². The van der Waals surface area contributed by atoms with Gasteiger partial charge in [-0.2, -0.15) is 0 Å². The number of nitrogens with one attached hydrogen (secondary N) is 2. The fourth-order valence-electron chi connectivity index (χ4n) is 2.54. The molecule has 2 amide bonds. The average Bonchev–Trinajstić information content (AvgIpc) is 2.66. The molecule has 0 aliphatic heterocycles. The lowest BCUT2D eigenvalue weighted by Gasteiger charge is -2.18. The largest absolute Gasteiger partial charge is 0.481 e. The van der Waals surface area contributed by atoms with Crippen LogP contribution >= 0.6 is 0 Å². The zero-order valence-electron chi connectivity index (χ0n) is 17.2. The van der Waals surface area contributed by atoms with Gasteiger partial charge in [0.2, 0.25) is 0 Å². The van der Waals surface area contributed by atoms with Gasteiger partial charge in [0.25, 0.3) is 0 Å². The van der Waals surface area contributed by atoms with Gasteiger partial charge in [-0.15, -0.1) is 0 Å². The number of carboxylic acid groups (broad SMARTS) is 3. The van der Waals surface area contributed by atoms with Gasteiger partial charge in [-0.05, 0) is 19.3 Å². The van der Waals surface area contributed by atoms with Crippen LogP contribution in [0.2, 0.25) is 0 Å². The number of aliphatic carboxylic acids is 3. The number of carbonyl (C=O) groups excluding carboxylic acids is 2. The third kappa shape index (κ3) is 14.2. The van der Waals surface area contributed by atoms with Crippen LogP contribution in [-0.2, 0) is 23.9 Å². The van der Waals surface area contributed by atoms with E-state index < -0.39 is 48.4 Å². The standard InChI is InChI=1S/C19H32N2O9/c1-2-3-4-5-6-7-12-30-16(24)11-9-14(18(27)28)21-19(29)20-13(17(25)26)8-10-15(22)23/h13-14H,2-12H2,1H3,(H,22,23)(H,25,26)(H,27,28)(H2,20,21,29)/t13?,14-/m0/s1. The molecule has 5 N–H and O–H groups in total. The molecule has 0 spiro atoms. The van der Waals surface area contributed by atoms with Gasteiger partial charge in [0.1, 0.15) is 12.1 Å². The smallest absolute Gasteiger partial charge is 0.326 e. The highest BCUT2D eigenvalue weighted by atomic mass is 16.5. The van der Waals surface area contributed by atoms with Crippen LogP contribution in [0.25, 0.3) is 0 Å². The summed E-state index contributed by atoms with van der Waals surface area (Å²) in [6.45, 7) is 2.37. The molecule has 0 aliphatic carbocycles.